The molecule has 0 saturated carbocycles. The number of amides is 1. The van der Waals surface area contributed by atoms with Gasteiger partial charge in [0.25, 0.3) is 0 Å². The fourth-order valence-corrected chi connectivity index (χ4v) is 2.71. The van der Waals surface area contributed by atoms with Crippen molar-refractivity contribution >= 4 is 41.4 Å². The number of unbranched alkanes of at least 4 members (excludes halogenated alkanes) is 10. The van der Waals surface area contributed by atoms with E-state index in [0.29, 0.717) is 6.42 Å². The molecule has 0 aromatic carbocycles. The van der Waals surface area contributed by atoms with Crippen molar-refractivity contribution in [2.75, 3.05) is 0 Å². The van der Waals surface area contributed by atoms with Crippen LogP contribution in [0.3, 0.4) is 0 Å². The Bertz CT molecular complexity index is 322. The van der Waals surface area contributed by atoms with Crippen LogP contribution in [-0.2, 0) is 9.59 Å². The number of rotatable bonds is 15. The fourth-order valence-electron chi connectivity index (χ4n) is 2.71. The van der Waals surface area contributed by atoms with E-state index in [9.17, 15) is 9.59 Å². The van der Waals surface area contributed by atoms with Crippen LogP contribution >= 0.6 is 0 Å². The molecule has 0 radical (unpaired) electrons. The van der Waals surface area contributed by atoms with E-state index in [-0.39, 0.29) is 41.4 Å². The van der Waals surface area contributed by atoms with Crippen molar-refractivity contribution < 1.29 is 14.7 Å². The van der Waals surface area contributed by atoms with Gasteiger partial charge in [-0.15, -0.1) is 0 Å². The van der Waals surface area contributed by atoms with Crippen LogP contribution in [0, 0.1) is 5.92 Å². The Hall–Kier alpha value is -0.0600. The normalized spacial score (nSPS) is 11.8. The van der Waals surface area contributed by atoms with Gasteiger partial charge in [-0.3, -0.25) is 4.79 Å². The van der Waals surface area contributed by atoms with E-state index in [1.807, 2.05) is 0 Å². The van der Waals surface area contributed by atoms with Gasteiger partial charge in [0.2, 0.25) is 5.91 Å². The number of aliphatic carboxylic acids is 1. The molecule has 4 nitrogen and oxygen atoms in total. The summed E-state index contributed by atoms with van der Waals surface area (Å²) in [6.45, 7) is 5.85. The predicted octanol–water partition coefficient (Wildman–Crippen LogP) is 4.26. The van der Waals surface area contributed by atoms with Crippen LogP contribution in [0.5, 0.6) is 0 Å². The molecule has 0 spiro atoms. The van der Waals surface area contributed by atoms with Gasteiger partial charge >= 0.3 is 35.5 Å². The first-order valence-electron chi connectivity index (χ1n) is 9.51. The summed E-state index contributed by atoms with van der Waals surface area (Å²) in [6.07, 6.45) is 14.2. The molecule has 2 N–H and O–H groups in total. The summed E-state index contributed by atoms with van der Waals surface area (Å²) < 4.78 is 0. The quantitative estimate of drug-likeness (QED) is 0.342. The number of hydrogen-bond donors (Lipinski definition) is 2. The number of hydrogen-bond acceptors (Lipinski definition) is 2. The second-order valence-electron chi connectivity index (χ2n) is 6.91. The third kappa shape index (κ3) is 15.5. The van der Waals surface area contributed by atoms with E-state index >= 15 is 0 Å². The monoisotopic (exact) mass is 351 g/mol. The molecule has 0 saturated heterocycles. The molecular formula is C19H38NNaO3. The van der Waals surface area contributed by atoms with E-state index in [1.165, 1.54) is 57.8 Å². The van der Waals surface area contributed by atoms with Gasteiger partial charge in [-0.1, -0.05) is 85.0 Å². The summed E-state index contributed by atoms with van der Waals surface area (Å²) in [6, 6.07) is -0.768. The molecule has 1 atom stereocenters. The maximum absolute atomic E-state index is 11.7. The summed E-state index contributed by atoms with van der Waals surface area (Å²) in [7, 11) is 0. The van der Waals surface area contributed by atoms with Crippen molar-refractivity contribution in [3.05, 3.63) is 0 Å². The molecule has 0 bridgehead atoms. The first-order valence-corrected chi connectivity index (χ1v) is 9.51. The molecule has 0 heterocycles. The summed E-state index contributed by atoms with van der Waals surface area (Å²) in [5.41, 5.74) is 0. The van der Waals surface area contributed by atoms with Crippen LogP contribution in [0.4, 0.5) is 0 Å². The molecule has 0 aromatic rings. The zero-order valence-corrected chi connectivity index (χ0v) is 15.4. The molecular weight excluding hydrogens is 313 g/mol. The molecule has 0 fully saturated rings. The van der Waals surface area contributed by atoms with E-state index in [2.05, 4.69) is 12.2 Å². The van der Waals surface area contributed by atoms with Gasteiger partial charge in [-0.05, 0) is 12.3 Å². The first-order chi connectivity index (χ1) is 11.0. The predicted molar refractivity (Wildman–Crippen MR) is 103 cm³/mol. The van der Waals surface area contributed by atoms with Crippen molar-refractivity contribution in [1.82, 2.24) is 5.32 Å². The van der Waals surface area contributed by atoms with Gasteiger partial charge in [-0.2, -0.15) is 0 Å². The average molecular weight is 352 g/mol. The molecule has 0 aliphatic rings. The van der Waals surface area contributed by atoms with Crippen LogP contribution in [0.15, 0.2) is 0 Å². The van der Waals surface area contributed by atoms with Gasteiger partial charge in [0.05, 0.1) is 0 Å². The first kappa shape index (κ1) is 26.2. The van der Waals surface area contributed by atoms with Crippen LogP contribution in [0.1, 0.15) is 97.8 Å². The van der Waals surface area contributed by atoms with E-state index in [0.717, 1.165) is 12.8 Å². The number of carbonyl (C=O) groups is 2. The maximum atomic E-state index is 11.7. The third-order valence-corrected chi connectivity index (χ3v) is 4.26. The Kier molecular flexibility index (Phi) is 19.4. The SMILES string of the molecule is CCCCCCCCCCCCCC(=O)N[C@H](C(=O)O)C(C)C.[NaH]. The molecule has 24 heavy (non-hydrogen) atoms. The fraction of sp³-hybridized carbons (Fsp3) is 0.895. The Labute approximate surface area is 170 Å². The van der Waals surface area contributed by atoms with Crippen LogP contribution in [0.25, 0.3) is 0 Å². The second-order valence-corrected chi connectivity index (χ2v) is 6.91. The van der Waals surface area contributed by atoms with Crippen LogP contribution in [-0.4, -0.2) is 52.6 Å². The van der Waals surface area contributed by atoms with Crippen LogP contribution < -0.4 is 5.32 Å². The molecule has 0 aromatic heterocycles. The minimum absolute atomic E-state index is 0. The van der Waals surface area contributed by atoms with Crippen molar-refractivity contribution in [1.29, 1.82) is 0 Å². The summed E-state index contributed by atoms with van der Waals surface area (Å²) in [5, 5.41) is 11.7. The van der Waals surface area contributed by atoms with Crippen LogP contribution in [0.2, 0.25) is 0 Å². The molecule has 5 heteroatoms. The Balaban J connectivity index is 0. The Morgan fingerprint density at radius 2 is 1.25 bits per heavy atom. The number of carboxylic acids is 1. The van der Waals surface area contributed by atoms with Crippen molar-refractivity contribution in [3.8, 4) is 0 Å². The Morgan fingerprint density at radius 1 is 0.833 bits per heavy atom. The van der Waals surface area contributed by atoms with Gasteiger partial charge in [0, 0.05) is 6.42 Å². The second kappa shape index (κ2) is 17.8. The van der Waals surface area contributed by atoms with E-state index in [1.54, 1.807) is 13.8 Å². The van der Waals surface area contributed by atoms with Gasteiger partial charge in [0.15, 0.2) is 0 Å². The van der Waals surface area contributed by atoms with Gasteiger partial charge in [0.1, 0.15) is 6.04 Å². The topological polar surface area (TPSA) is 66.4 Å². The standard InChI is InChI=1S/C19H37NO3.Na.H/c1-4-5-6-7-8-9-10-11-12-13-14-15-17(21)20-18(16(2)3)19(22)23;;/h16,18H,4-15H2,1-3H3,(H,20,21)(H,22,23);;/t18-;;/m0../s1. The van der Waals surface area contributed by atoms with E-state index < -0.39 is 12.0 Å². The van der Waals surface area contributed by atoms with Crippen molar-refractivity contribution in [3.63, 3.8) is 0 Å². The molecule has 1 amide bonds. The van der Waals surface area contributed by atoms with Gasteiger partial charge in [-0.25, -0.2) is 4.79 Å². The number of carbonyl (C=O) groups excluding carboxylic acids is 1. The van der Waals surface area contributed by atoms with Crippen molar-refractivity contribution in [2.45, 2.75) is 104 Å². The van der Waals surface area contributed by atoms with Gasteiger partial charge < -0.3 is 10.4 Å². The molecule has 0 rings (SSSR count). The molecule has 0 unspecified atom stereocenters. The van der Waals surface area contributed by atoms with Crippen molar-refractivity contribution in [2.24, 2.45) is 5.92 Å². The number of carboxylic acid groups (broad SMARTS) is 1. The molecule has 0 aliphatic carbocycles. The minimum atomic E-state index is -0.952. The summed E-state index contributed by atoms with van der Waals surface area (Å²) >= 11 is 0. The Morgan fingerprint density at radius 3 is 1.62 bits per heavy atom. The zero-order valence-electron chi connectivity index (χ0n) is 15.4. The number of nitrogens with one attached hydrogen (secondary N) is 1. The zero-order chi connectivity index (χ0) is 17.5. The average Bonchev–Trinajstić information content (AvgIpc) is 2.49. The summed E-state index contributed by atoms with van der Waals surface area (Å²) in [4.78, 5) is 22.8. The third-order valence-electron chi connectivity index (χ3n) is 4.26. The summed E-state index contributed by atoms with van der Waals surface area (Å²) in [5.74, 6) is -1.18. The van der Waals surface area contributed by atoms with E-state index in [4.69, 9.17) is 5.11 Å². The molecule has 0 aliphatic heterocycles. The molecule has 138 valence electrons.